The predicted molar refractivity (Wildman–Crippen MR) is 125 cm³/mol. The number of para-hydroxylation sites is 1. The molecule has 1 unspecified atom stereocenters. The summed E-state index contributed by atoms with van der Waals surface area (Å²) in [5.41, 5.74) is 9.60. The number of hydrogen-bond acceptors (Lipinski definition) is 0. The summed E-state index contributed by atoms with van der Waals surface area (Å²) in [5, 5.41) is 0. The monoisotopic (exact) mass is 397 g/mol. The van der Waals surface area contributed by atoms with Gasteiger partial charge >= 0.3 is 0 Å². The first-order chi connectivity index (χ1) is 14.4. The predicted octanol–water partition coefficient (Wildman–Crippen LogP) is 6.60. The minimum atomic E-state index is 0.111. The van der Waals surface area contributed by atoms with Gasteiger partial charge in [-0.1, -0.05) is 49.2 Å². The Balaban J connectivity index is 1.86. The van der Waals surface area contributed by atoms with Crippen molar-refractivity contribution in [3.8, 4) is 17.1 Å². The van der Waals surface area contributed by atoms with Crippen LogP contribution in [0.2, 0.25) is 0 Å². The number of imidazole rings is 1. The normalized spacial score (nSPS) is 20.8. The zero-order chi connectivity index (χ0) is 21.0. The number of rotatable bonds is 3. The van der Waals surface area contributed by atoms with Crippen molar-refractivity contribution in [2.75, 3.05) is 0 Å². The Labute approximate surface area is 180 Å². The second-order valence-electron chi connectivity index (χ2n) is 9.60. The molecule has 1 aromatic heterocycles. The van der Waals surface area contributed by atoms with Crippen LogP contribution >= 0.6 is 0 Å². The summed E-state index contributed by atoms with van der Waals surface area (Å²) in [6.45, 7) is 11.5. The highest BCUT2D eigenvalue weighted by atomic mass is 15.2. The van der Waals surface area contributed by atoms with Gasteiger partial charge in [0.05, 0.1) is 17.2 Å². The van der Waals surface area contributed by atoms with E-state index in [1.54, 1.807) is 0 Å². The highest BCUT2D eigenvalue weighted by Gasteiger charge is 2.48. The molecule has 1 saturated carbocycles. The zero-order valence-electron chi connectivity index (χ0n) is 19.0. The van der Waals surface area contributed by atoms with Crippen molar-refractivity contribution in [3.05, 3.63) is 76.6 Å². The van der Waals surface area contributed by atoms with Crippen LogP contribution < -0.4 is 4.57 Å². The van der Waals surface area contributed by atoms with Crippen molar-refractivity contribution >= 4 is 6.20 Å². The molecular formula is C28H33N2+. The van der Waals surface area contributed by atoms with E-state index in [0.29, 0.717) is 0 Å². The van der Waals surface area contributed by atoms with Gasteiger partial charge in [0, 0.05) is 6.92 Å². The van der Waals surface area contributed by atoms with Gasteiger partial charge in [0.2, 0.25) is 0 Å². The molecule has 30 heavy (non-hydrogen) atoms. The first-order valence-electron chi connectivity index (χ1n) is 11.4. The number of benzene rings is 2. The lowest BCUT2D eigenvalue weighted by Crippen LogP contribution is -2.37. The van der Waals surface area contributed by atoms with Gasteiger partial charge in [0.15, 0.2) is 11.4 Å². The minimum absolute atomic E-state index is 0.111. The highest BCUT2D eigenvalue weighted by Crippen LogP contribution is 2.47. The molecule has 0 amide bonds. The molecule has 2 heteroatoms. The summed E-state index contributed by atoms with van der Waals surface area (Å²) in [5.74, 6) is 2.03. The Morgan fingerprint density at radius 3 is 2.17 bits per heavy atom. The quantitative estimate of drug-likeness (QED) is 0.440. The van der Waals surface area contributed by atoms with Crippen LogP contribution in [-0.4, -0.2) is 4.57 Å². The van der Waals surface area contributed by atoms with Crippen molar-refractivity contribution in [2.45, 2.75) is 65.7 Å². The van der Waals surface area contributed by atoms with Gasteiger partial charge in [-0.05, 0) is 75.3 Å². The van der Waals surface area contributed by atoms with Crippen LogP contribution in [0.25, 0.3) is 23.3 Å². The summed E-state index contributed by atoms with van der Waals surface area (Å²) in [7, 11) is 0. The standard InChI is InChI=1S/C28H33N2/c1-19-11-6-9-16-24(19)30-22(4)26-28(5,23-14-7-8-15-23)17-18-29(26)27(30)25-20(2)12-10-13-21(25)3/h6,9-13,16-18,23H,7-8,14-15H2,1-5H3/q+1. The number of allylic oxidation sites excluding steroid dienone is 1. The number of aryl methyl sites for hydroxylation is 3. The third-order valence-electron chi connectivity index (χ3n) is 7.70. The van der Waals surface area contributed by atoms with Gasteiger partial charge in [0.1, 0.15) is 5.69 Å². The molecule has 154 valence electrons. The number of aromatic nitrogens is 2. The van der Waals surface area contributed by atoms with Crippen LogP contribution in [0.1, 0.15) is 60.7 Å². The second-order valence-corrected chi connectivity index (χ2v) is 9.60. The average molecular weight is 398 g/mol. The summed E-state index contributed by atoms with van der Waals surface area (Å²) in [6, 6.07) is 15.5. The molecule has 0 radical (unpaired) electrons. The van der Waals surface area contributed by atoms with E-state index in [9.17, 15) is 0 Å². The summed E-state index contributed by atoms with van der Waals surface area (Å²) in [6.07, 6.45) is 10.3. The Morgan fingerprint density at radius 1 is 0.867 bits per heavy atom. The van der Waals surface area contributed by atoms with Crippen molar-refractivity contribution < 1.29 is 4.57 Å². The fraction of sp³-hybridized carbons (Fsp3) is 0.393. The second kappa shape index (κ2) is 6.97. The van der Waals surface area contributed by atoms with Crippen LogP contribution in [0.4, 0.5) is 0 Å². The Morgan fingerprint density at radius 2 is 1.50 bits per heavy atom. The maximum absolute atomic E-state index is 2.52. The van der Waals surface area contributed by atoms with Crippen molar-refractivity contribution in [3.63, 3.8) is 0 Å². The zero-order valence-corrected chi connectivity index (χ0v) is 19.0. The number of nitrogens with zero attached hydrogens (tertiary/aromatic N) is 2. The summed E-state index contributed by atoms with van der Waals surface area (Å²) in [4.78, 5) is 0. The van der Waals surface area contributed by atoms with Gasteiger partial charge in [-0.3, -0.25) is 0 Å². The van der Waals surface area contributed by atoms with E-state index < -0.39 is 0 Å². The summed E-state index contributed by atoms with van der Waals surface area (Å²) >= 11 is 0. The van der Waals surface area contributed by atoms with Crippen LogP contribution in [0.3, 0.4) is 0 Å². The average Bonchev–Trinajstić information content (AvgIpc) is 3.42. The van der Waals surface area contributed by atoms with E-state index >= 15 is 0 Å². The van der Waals surface area contributed by atoms with Crippen molar-refractivity contribution in [1.29, 1.82) is 0 Å². The molecule has 5 rings (SSSR count). The van der Waals surface area contributed by atoms with E-state index in [1.807, 2.05) is 0 Å². The molecule has 1 aliphatic carbocycles. The maximum Gasteiger partial charge on any atom is 0.299 e. The lowest BCUT2D eigenvalue weighted by molar-refractivity contribution is -0.562. The van der Waals surface area contributed by atoms with Gasteiger partial charge in [-0.2, -0.15) is 9.13 Å². The first-order valence-corrected chi connectivity index (χ1v) is 11.4. The number of hydrogen-bond donors (Lipinski definition) is 0. The van der Waals surface area contributed by atoms with E-state index in [1.165, 1.54) is 70.8 Å². The Bertz CT molecular complexity index is 1140. The van der Waals surface area contributed by atoms with Crippen molar-refractivity contribution in [2.24, 2.45) is 5.92 Å². The smallest absolute Gasteiger partial charge is 0.198 e. The van der Waals surface area contributed by atoms with Crippen LogP contribution in [-0.2, 0) is 5.41 Å². The lowest BCUT2D eigenvalue weighted by atomic mass is 9.74. The van der Waals surface area contributed by atoms with Gasteiger partial charge < -0.3 is 0 Å². The fourth-order valence-electron chi connectivity index (χ4n) is 6.12. The molecule has 2 nitrogen and oxygen atoms in total. The molecule has 0 spiro atoms. The molecular weight excluding hydrogens is 364 g/mol. The van der Waals surface area contributed by atoms with Crippen molar-refractivity contribution in [1.82, 2.24) is 4.57 Å². The molecule has 0 saturated heterocycles. The molecule has 2 aliphatic rings. The third kappa shape index (κ3) is 2.66. The van der Waals surface area contributed by atoms with E-state index in [4.69, 9.17) is 0 Å². The van der Waals surface area contributed by atoms with Gasteiger partial charge in [-0.15, -0.1) is 0 Å². The highest BCUT2D eigenvalue weighted by molar-refractivity contribution is 5.67. The van der Waals surface area contributed by atoms with Crippen LogP contribution in [0.15, 0.2) is 48.5 Å². The molecule has 2 heterocycles. The SMILES string of the molecule is Cc1ccccc1-n1c(C)c2[n+](c1-c1c(C)cccc1C)C=CC2(C)C1CCCC1. The molecule has 1 fully saturated rings. The fourth-order valence-corrected chi connectivity index (χ4v) is 6.12. The topological polar surface area (TPSA) is 8.81 Å². The van der Waals surface area contributed by atoms with Crippen LogP contribution in [0.5, 0.6) is 0 Å². The largest absolute Gasteiger partial charge is 0.299 e. The molecule has 0 N–H and O–H groups in total. The van der Waals surface area contributed by atoms with Crippen LogP contribution in [0, 0.1) is 33.6 Å². The van der Waals surface area contributed by atoms with E-state index in [0.717, 1.165) is 5.92 Å². The maximum atomic E-state index is 2.52. The van der Waals surface area contributed by atoms with Gasteiger partial charge in [0.25, 0.3) is 5.82 Å². The Kier molecular flexibility index (Phi) is 4.50. The third-order valence-corrected chi connectivity index (χ3v) is 7.70. The Hall–Kier alpha value is -2.61. The molecule has 0 bridgehead atoms. The minimum Gasteiger partial charge on any atom is -0.198 e. The van der Waals surface area contributed by atoms with Gasteiger partial charge in [-0.25, -0.2) is 0 Å². The van der Waals surface area contributed by atoms with E-state index in [2.05, 4.69) is 98.5 Å². The summed E-state index contributed by atoms with van der Waals surface area (Å²) < 4.78 is 5.03. The first kappa shape index (κ1) is 19.4. The van der Waals surface area contributed by atoms with E-state index in [-0.39, 0.29) is 5.41 Å². The lowest BCUT2D eigenvalue weighted by Gasteiger charge is -2.27. The molecule has 2 aromatic carbocycles. The number of fused-ring (bicyclic) bond motifs is 1. The molecule has 3 aromatic rings. The molecule has 1 atom stereocenters. The molecule has 1 aliphatic heterocycles.